The summed E-state index contributed by atoms with van der Waals surface area (Å²) < 4.78 is 27.4. The van der Waals surface area contributed by atoms with Gasteiger partial charge in [-0.2, -0.15) is 0 Å². The molecule has 1 saturated heterocycles. The first-order valence-electron chi connectivity index (χ1n) is 12.8. The predicted molar refractivity (Wildman–Crippen MR) is 139 cm³/mol. The molecule has 6 nitrogen and oxygen atoms in total. The monoisotopic (exact) mass is 492 g/mol. The van der Waals surface area contributed by atoms with Crippen LogP contribution in [0.4, 0.5) is 4.39 Å². The van der Waals surface area contributed by atoms with E-state index in [1.54, 1.807) is 22.9 Å². The van der Waals surface area contributed by atoms with E-state index >= 15 is 0 Å². The number of likely N-dealkylation sites (tertiary alicyclic amines) is 1. The third-order valence-electron chi connectivity index (χ3n) is 7.92. The fourth-order valence-electron chi connectivity index (χ4n) is 5.84. The zero-order valence-corrected chi connectivity index (χ0v) is 21.6. The standard InChI is InChI=1S/C29H35FN3O3/c1-20-15-27(34)33(24-16-21(30)7-8-23(20)24)12-11-32-10-6-5-9-29(32,28(2,3)4)18-22-17-25-26(19-31-22)36-14-13-35-25/h5,7-8,15-17,19H,6,9-14,18H2,1-4H3. The molecule has 2 aromatic heterocycles. The Hall–Kier alpha value is -2.93. The maximum absolute atomic E-state index is 14.2. The van der Waals surface area contributed by atoms with E-state index in [-0.39, 0.29) is 22.3 Å². The molecule has 0 amide bonds. The van der Waals surface area contributed by atoms with E-state index in [1.165, 1.54) is 12.1 Å². The summed E-state index contributed by atoms with van der Waals surface area (Å²) in [5, 5.41) is 0.908. The molecule has 0 bridgehead atoms. The average molecular weight is 493 g/mol. The minimum absolute atomic E-state index is 0.0642. The largest absolute Gasteiger partial charge is 0.486 e. The van der Waals surface area contributed by atoms with Gasteiger partial charge < -0.3 is 14.0 Å². The molecule has 0 N–H and O–H groups in total. The van der Waals surface area contributed by atoms with Gasteiger partial charge in [0, 0.05) is 48.3 Å². The number of piperidine rings is 1. The zero-order chi connectivity index (χ0) is 25.5. The molecule has 0 aliphatic carbocycles. The van der Waals surface area contributed by atoms with Crippen molar-refractivity contribution in [2.24, 2.45) is 5.41 Å². The van der Waals surface area contributed by atoms with Gasteiger partial charge in [0.15, 0.2) is 11.5 Å². The summed E-state index contributed by atoms with van der Waals surface area (Å²) in [6.45, 7) is 11.9. The van der Waals surface area contributed by atoms with Crippen molar-refractivity contribution in [1.29, 1.82) is 0 Å². The lowest BCUT2D eigenvalue weighted by molar-refractivity contribution is -0.0270. The number of rotatable bonds is 5. The summed E-state index contributed by atoms with van der Waals surface area (Å²) in [4.78, 5) is 20.2. The Morgan fingerprint density at radius 3 is 2.64 bits per heavy atom. The van der Waals surface area contributed by atoms with Crippen LogP contribution in [0, 0.1) is 24.6 Å². The van der Waals surface area contributed by atoms with E-state index < -0.39 is 0 Å². The number of benzene rings is 1. The Morgan fingerprint density at radius 2 is 1.86 bits per heavy atom. The number of hydrogen-bond acceptors (Lipinski definition) is 5. The van der Waals surface area contributed by atoms with E-state index in [4.69, 9.17) is 14.5 Å². The first-order valence-corrected chi connectivity index (χ1v) is 12.8. The highest BCUT2D eigenvalue weighted by atomic mass is 19.1. The number of hydrogen-bond donors (Lipinski definition) is 0. The van der Waals surface area contributed by atoms with E-state index in [0.717, 1.165) is 48.2 Å². The summed E-state index contributed by atoms with van der Waals surface area (Å²) in [5.74, 6) is 1.11. The number of halogens is 1. The second kappa shape index (κ2) is 9.51. The zero-order valence-electron chi connectivity index (χ0n) is 21.6. The molecule has 2 aliphatic rings. The van der Waals surface area contributed by atoms with Gasteiger partial charge >= 0.3 is 0 Å². The van der Waals surface area contributed by atoms with Crippen molar-refractivity contribution >= 4 is 10.9 Å². The van der Waals surface area contributed by atoms with Gasteiger partial charge in [-0.1, -0.05) is 20.8 Å². The Labute approximate surface area is 212 Å². The predicted octanol–water partition coefficient (Wildman–Crippen LogP) is 4.94. The average Bonchev–Trinajstić information content (AvgIpc) is 2.84. The molecule has 36 heavy (non-hydrogen) atoms. The fourth-order valence-corrected chi connectivity index (χ4v) is 5.84. The van der Waals surface area contributed by atoms with Crippen molar-refractivity contribution in [3.63, 3.8) is 0 Å². The smallest absolute Gasteiger partial charge is 0.251 e. The van der Waals surface area contributed by atoms with Gasteiger partial charge in [0.2, 0.25) is 0 Å². The second-order valence-corrected chi connectivity index (χ2v) is 11.0. The lowest BCUT2D eigenvalue weighted by Crippen LogP contribution is -2.61. The normalized spacial score (nSPS) is 20.6. The molecule has 0 spiro atoms. The van der Waals surface area contributed by atoms with Crippen LogP contribution in [-0.4, -0.2) is 46.3 Å². The number of nitrogens with zero attached hydrogens (tertiary/aromatic N) is 3. The molecule has 5 rings (SSSR count). The summed E-state index contributed by atoms with van der Waals surface area (Å²) in [6.07, 6.45) is 6.81. The highest BCUT2D eigenvalue weighted by molar-refractivity contribution is 5.82. The maximum Gasteiger partial charge on any atom is 0.251 e. The van der Waals surface area contributed by atoms with Crippen LogP contribution in [-0.2, 0) is 13.0 Å². The second-order valence-electron chi connectivity index (χ2n) is 11.0. The molecule has 4 heterocycles. The highest BCUT2D eigenvalue weighted by Crippen LogP contribution is 2.45. The van der Waals surface area contributed by atoms with E-state index in [9.17, 15) is 9.18 Å². The summed E-state index contributed by atoms with van der Waals surface area (Å²) >= 11 is 0. The van der Waals surface area contributed by atoms with Crippen molar-refractivity contribution in [2.75, 3.05) is 26.3 Å². The Kier molecular flexibility index (Phi) is 6.54. The van der Waals surface area contributed by atoms with Crippen molar-refractivity contribution in [3.8, 4) is 11.5 Å². The third-order valence-corrected chi connectivity index (χ3v) is 7.92. The third kappa shape index (κ3) is 4.49. The van der Waals surface area contributed by atoms with Crippen LogP contribution in [0.1, 0.15) is 44.9 Å². The van der Waals surface area contributed by atoms with Crippen molar-refractivity contribution in [2.45, 2.75) is 59.0 Å². The lowest BCUT2D eigenvalue weighted by atomic mass is 9.65. The molecule has 1 radical (unpaired) electrons. The molecule has 2 aliphatic heterocycles. The van der Waals surface area contributed by atoms with Gasteiger partial charge in [-0.05, 0) is 61.9 Å². The molecular weight excluding hydrogens is 457 g/mol. The van der Waals surface area contributed by atoms with E-state index in [1.807, 2.05) is 13.0 Å². The Balaban J connectivity index is 1.48. The van der Waals surface area contributed by atoms with Gasteiger partial charge in [0.25, 0.3) is 5.56 Å². The molecule has 191 valence electrons. The Bertz CT molecular complexity index is 1330. The summed E-state index contributed by atoms with van der Waals surface area (Å²) in [7, 11) is 0. The quantitative estimate of drug-likeness (QED) is 0.505. The maximum atomic E-state index is 14.2. The van der Waals surface area contributed by atoms with Crippen LogP contribution >= 0.6 is 0 Å². The van der Waals surface area contributed by atoms with Gasteiger partial charge in [-0.3, -0.25) is 14.7 Å². The van der Waals surface area contributed by atoms with Gasteiger partial charge in [0.05, 0.1) is 11.7 Å². The van der Waals surface area contributed by atoms with Crippen molar-refractivity contribution in [3.05, 3.63) is 70.4 Å². The van der Waals surface area contributed by atoms with Gasteiger partial charge in [0.1, 0.15) is 19.0 Å². The van der Waals surface area contributed by atoms with Crippen LogP contribution in [0.2, 0.25) is 0 Å². The van der Waals surface area contributed by atoms with Crippen LogP contribution in [0.25, 0.3) is 10.9 Å². The SMILES string of the molecule is Cc1cc(=O)n(CCN2CC[CH]CC2(Cc2cc3c(cn2)OCCO3)C(C)(C)C)c2cc(F)ccc12. The van der Waals surface area contributed by atoms with Gasteiger partial charge in [-0.15, -0.1) is 0 Å². The number of fused-ring (bicyclic) bond motifs is 2. The van der Waals surface area contributed by atoms with Gasteiger partial charge in [-0.25, -0.2) is 4.39 Å². The van der Waals surface area contributed by atoms with Crippen molar-refractivity contribution in [1.82, 2.24) is 14.5 Å². The number of ether oxygens (including phenoxy) is 2. The van der Waals surface area contributed by atoms with Crippen molar-refractivity contribution < 1.29 is 13.9 Å². The number of pyridine rings is 2. The molecular formula is C29H35FN3O3. The number of aryl methyl sites for hydroxylation is 1. The summed E-state index contributed by atoms with van der Waals surface area (Å²) in [6, 6.07) is 8.36. The van der Waals surface area contributed by atoms with Crippen LogP contribution in [0.3, 0.4) is 0 Å². The lowest BCUT2D eigenvalue weighted by Gasteiger charge is -2.55. The van der Waals surface area contributed by atoms with Crippen LogP contribution in [0.5, 0.6) is 11.5 Å². The first kappa shape index (κ1) is 24.8. The Morgan fingerprint density at radius 1 is 1.08 bits per heavy atom. The molecule has 1 unspecified atom stereocenters. The fraction of sp³-hybridized carbons (Fsp3) is 0.483. The molecule has 7 heteroatoms. The highest BCUT2D eigenvalue weighted by Gasteiger charge is 2.48. The molecule has 3 aromatic rings. The number of aromatic nitrogens is 2. The molecule has 1 fully saturated rings. The van der Waals surface area contributed by atoms with E-state index in [2.05, 4.69) is 32.1 Å². The minimum atomic E-state index is -0.331. The minimum Gasteiger partial charge on any atom is -0.486 e. The van der Waals surface area contributed by atoms with Crippen LogP contribution in [0.15, 0.2) is 41.3 Å². The molecule has 1 atom stereocenters. The molecule has 1 aromatic carbocycles. The molecule has 0 saturated carbocycles. The summed E-state index contributed by atoms with van der Waals surface area (Å²) in [5.41, 5.74) is 2.13. The van der Waals surface area contributed by atoms with Crippen LogP contribution < -0.4 is 15.0 Å². The van der Waals surface area contributed by atoms with E-state index in [0.29, 0.717) is 37.6 Å². The topological polar surface area (TPSA) is 56.6 Å². The first-order chi connectivity index (χ1) is 17.2.